The van der Waals surface area contributed by atoms with Crippen molar-refractivity contribution in [3.63, 3.8) is 0 Å². The number of carbonyl (C=O) groups is 3. The van der Waals surface area contributed by atoms with Crippen molar-refractivity contribution in [2.45, 2.75) is 43.9 Å². The highest BCUT2D eigenvalue weighted by molar-refractivity contribution is 6.24. The monoisotopic (exact) mass is 544 g/mol. The average molecular weight is 545 g/mol. The predicted molar refractivity (Wildman–Crippen MR) is 143 cm³/mol. The number of aliphatic hydroxyl groups excluding tert-OH is 3. The van der Waals surface area contributed by atoms with Crippen molar-refractivity contribution in [3.8, 4) is 5.75 Å². The van der Waals surface area contributed by atoms with Crippen LogP contribution in [-0.2, 0) is 20.8 Å². The Morgan fingerprint density at radius 3 is 2.38 bits per heavy atom. The topological polar surface area (TPSA) is 197 Å². The van der Waals surface area contributed by atoms with Crippen LogP contribution in [0.1, 0.15) is 30.9 Å². The molecule has 12 nitrogen and oxygen atoms in total. The van der Waals surface area contributed by atoms with E-state index in [1.807, 2.05) is 0 Å². The highest BCUT2D eigenvalue weighted by Crippen LogP contribution is 2.54. The molecule has 3 aliphatic carbocycles. The van der Waals surface area contributed by atoms with Gasteiger partial charge < -0.3 is 41.5 Å². The molecular formula is C27H36N4O8. The van der Waals surface area contributed by atoms with E-state index in [0.29, 0.717) is 17.7 Å². The first-order chi connectivity index (χ1) is 18.2. The Kier molecular flexibility index (Phi) is 7.17. The molecule has 0 bridgehead atoms. The molecule has 1 fully saturated rings. The van der Waals surface area contributed by atoms with Crippen molar-refractivity contribution in [2.24, 2.45) is 17.6 Å². The minimum atomic E-state index is -2.69. The molecule has 1 unspecified atom stereocenters. The maximum absolute atomic E-state index is 14.0. The van der Waals surface area contributed by atoms with Gasteiger partial charge in [0.25, 0.3) is 5.91 Å². The maximum atomic E-state index is 14.0. The lowest BCUT2D eigenvalue weighted by molar-refractivity contribution is -0.153. The number of rotatable bonds is 7. The summed E-state index contributed by atoms with van der Waals surface area (Å²) in [5, 5.41) is 58.3. The molecule has 4 rings (SSSR count). The number of anilines is 2. The zero-order valence-corrected chi connectivity index (χ0v) is 22.6. The van der Waals surface area contributed by atoms with Gasteiger partial charge >= 0.3 is 0 Å². The molecule has 1 aromatic rings. The van der Waals surface area contributed by atoms with E-state index in [2.05, 4.69) is 5.32 Å². The molecule has 8 N–H and O–H groups in total. The van der Waals surface area contributed by atoms with Gasteiger partial charge in [-0.25, -0.2) is 0 Å². The Balaban J connectivity index is 1.94. The summed E-state index contributed by atoms with van der Waals surface area (Å²) in [5.41, 5.74) is 3.03. The number of fused-ring (bicyclic) bond motifs is 3. The van der Waals surface area contributed by atoms with E-state index in [0.717, 1.165) is 0 Å². The van der Waals surface area contributed by atoms with E-state index in [9.17, 15) is 39.9 Å². The lowest BCUT2D eigenvalue weighted by Crippen LogP contribution is -2.65. The fraction of sp³-hybridized carbons (Fsp3) is 0.519. The molecule has 5 atom stereocenters. The Morgan fingerprint density at radius 2 is 1.85 bits per heavy atom. The van der Waals surface area contributed by atoms with Crippen molar-refractivity contribution in [3.05, 3.63) is 34.1 Å². The quantitative estimate of drug-likeness (QED) is 0.183. The van der Waals surface area contributed by atoms with Gasteiger partial charge in [0.2, 0.25) is 5.78 Å². The smallest absolute Gasteiger partial charge is 0.255 e. The molecule has 0 heterocycles. The van der Waals surface area contributed by atoms with Crippen LogP contribution >= 0.6 is 0 Å². The molecule has 0 aromatic heterocycles. The lowest BCUT2D eigenvalue weighted by Gasteiger charge is -2.50. The second kappa shape index (κ2) is 9.85. The first-order valence-corrected chi connectivity index (χ1v) is 12.8. The van der Waals surface area contributed by atoms with Crippen LogP contribution < -0.4 is 16.0 Å². The van der Waals surface area contributed by atoms with E-state index in [1.54, 1.807) is 46.1 Å². The number of primary amides is 1. The minimum absolute atomic E-state index is 0.00835. The fourth-order valence-electron chi connectivity index (χ4n) is 6.20. The molecule has 0 radical (unpaired) electrons. The van der Waals surface area contributed by atoms with Crippen LogP contribution in [0.4, 0.5) is 11.4 Å². The Bertz CT molecular complexity index is 1320. The van der Waals surface area contributed by atoms with Crippen LogP contribution in [0.5, 0.6) is 5.75 Å². The number of hydrogen-bond donors (Lipinski definition) is 7. The first kappa shape index (κ1) is 28.4. The van der Waals surface area contributed by atoms with Crippen molar-refractivity contribution < 1.29 is 39.9 Å². The summed E-state index contributed by atoms with van der Waals surface area (Å²) in [4.78, 5) is 42.5. The van der Waals surface area contributed by atoms with Crippen LogP contribution in [0.2, 0.25) is 0 Å². The number of carbonyl (C=O) groups excluding carboxylic acids is 3. The van der Waals surface area contributed by atoms with Crippen molar-refractivity contribution in [2.75, 3.05) is 45.0 Å². The third-order valence-corrected chi connectivity index (χ3v) is 8.18. The number of hydrogen-bond acceptors (Lipinski definition) is 11. The van der Waals surface area contributed by atoms with Crippen molar-refractivity contribution in [1.29, 1.82) is 0 Å². The number of benzene rings is 1. The van der Waals surface area contributed by atoms with Gasteiger partial charge in [0.1, 0.15) is 22.8 Å². The number of aromatic hydroxyl groups is 1. The highest BCUT2D eigenvalue weighted by atomic mass is 16.3. The number of phenols is 1. The standard InChI is InChI=1S/C27H36N4O8/c1-6-12(32)10-29-15-9-16(30(2)3)13-7-11-8-14-20(31(4)5)23(35)19(26(28)38)25(37)27(14,39)24(36)17(11)22(34)18(13)21(15)33/h9,11-12,14,20,29,32-34,37,39H,6-8,10H2,1-5H3,(H2,28,38)/t11-,12?,14-,20-,27-/m0/s1. The second-order valence-corrected chi connectivity index (χ2v) is 10.9. The highest BCUT2D eigenvalue weighted by Gasteiger charge is 2.64. The summed E-state index contributed by atoms with van der Waals surface area (Å²) in [6, 6.07) is 0.553. The molecule has 1 saturated carbocycles. The number of aliphatic hydroxyl groups is 4. The van der Waals surface area contributed by atoms with Crippen molar-refractivity contribution in [1.82, 2.24) is 4.90 Å². The van der Waals surface area contributed by atoms with E-state index < -0.39 is 64.1 Å². The number of amides is 1. The SMILES string of the molecule is CCC(O)CNc1cc(N(C)C)c2c(c1O)C(O)=C1C(=O)[C@]3(O)C(O)=C(C(N)=O)C(=O)[C@@H](N(C)C)[C@@H]3C[C@@H]1C2. The van der Waals surface area contributed by atoms with Gasteiger partial charge in [-0.3, -0.25) is 19.3 Å². The average Bonchev–Trinajstić information content (AvgIpc) is 2.84. The number of nitrogens with one attached hydrogen (secondary N) is 1. The van der Waals surface area contributed by atoms with Gasteiger partial charge in [0.15, 0.2) is 11.4 Å². The number of Topliss-reactive ketones (excluding diaryl/α,β-unsaturated/α-hetero) is 2. The van der Waals surface area contributed by atoms with Crippen LogP contribution in [-0.4, -0.2) is 100 Å². The Hall–Kier alpha value is -3.61. The number of phenolic OH excluding ortho intramolecular Hbond substituents is 1. The van der Waals surface area contributed by atoms with Crippen molar-refractivity contribution >= 4 is 34.6 Å². The first-order valence-electron chi connectivity index (χ1n) is 12.8. The number of nitrogens with zero attached hydrogens (tertiary/aromatic N) is 2. The molecule has 212 valence electrons. The van der Waals surface area contributed by atoms with Gasteiger partial charge in [-0.15, -0.1) is 0 Å². The summed E-state index contributed by atoms with van der Waals surface area (Å²) in [6.45, 7) is 1.94. The van der Waals surface area contributed by atoms with Crippen LogP contribution in [0.15, 0.2) is 23.0 Å². The maximum Gasteiger partial charge on any atom is 0.255 e. The fourth-order valence-corrected chi connectivity index (χ4v) is 6.20. The van der Waals surface area contributed by atoms with Gasteiger partial charge in [-0.2, -0.15) is 0 Å². The zero-order valence-electron chi connectivity index (χ0n) is 22.6. The van der Waals surface area contributed by atoms with Gasteiger partial charge in [-0.05, 0) is 50.9 Å². The summed E-state index contributed by atoms with van der Waals surface area (Å²) >= 11 is 0. The van der Waals surface area contributed by atoms with Gasteiger partial charge in [-0.1, -0.05) is 6.92 Å². The van der Waals surface area contributed by atoms with Gasteiger partial charge in [0, 0.05) is 37.8 Å². The molecule has 1 aromatic carbocycles. The third kappa shape index (κ3) is 4.14. The van der Waals surface area contributed by atoms with E-state index >= 15 is 0 Å². The van der Waals surface area contributed by atoms with Crippen LogP contribution in [0.25, 0.3) is 5.76 Å². The summed E-state index contributed by atoms with van der Waals surface area (Å²) in [5.74, 6) is -6.96. The zero-order chi connectivity index (χ0) is 29.1. The Morgan fingerprint density at radius 1 is 1.21 bits per heavy atom. The normalized spacial score (nSPS) is 27.2. The summed E-state index contributed by atoms with van der Waals surface area (Å²) < 4.78 is 0. The number of nitrogens with two attached hydrogens (primary N) is 1. The largest absolute Gasteiger partial charge is 0.508 e. The van der Waals surface area contributed by atoms with Crippen LogP contribution in [0.3, 0.4) is 0 Å². The predicted octanol–water partition coefficient (Wildman–Crippen LogP) is 0.213. The molecule has 39 heavy (non-hydrogen) atoms. The van der Waals surface area contributed by atoms with E-state index in [-0.39, 0.29) is 42.0 Å². The number of likely N-dealkylation sites (N-methyl/N-ethyl adjacent to an activating group) is 1. The van der Waals surface area contributed by atoms with Crippen LogP contribution in [0, 0.1) is 11.8 Å². The van der Waals surface area contributed by atoms with Gasteiger partial charge in [0.05, 0.1) is 23.4 Å². The molecule has 0 saturated heterocycles. The Labute approximate surface area is 226 Å². The molecule has 0 spiro atoms. The minimum Gasteiger partial charge on any atom is -0.508 e. The van der Waals surface area contributed by atoms with E-state index in [1.165, 1.54) is 4.90 Å². The lowest BCUT2D eigenvalue weighted by atomic mass is 9.57. The molecule has 0 aliphatic heterocycles. The molecule has 3 aliphatic rings. The van der Waals surface area contributed by atoms with E-state index in [4.69, 9.17) is 5.73 Å². The summed E-state index contributed by atoms with van der Waals surface area (Å²) in [6.07, 6.45) is -0.000574. The third-order valence-electron chi connectivity index (χ3n) is 8.18. The molecule has 12 heteroatoms. The molecular weight excluding hydrogens is 508 g/mol. The number of ketones is 2. The second-order valence-electron chi connectivity index (χ2n) is 10.9. The summed E-state index contributed by atoms with van der Waals surface area (Å²) in [7, 11) is 6.68. The molecule has 1 amide bonds.